The smallest absolute Gasteiger partial charge is 0.295 e. The van der Waals surface area contributed by atoms with Gasteiger partial charge >= 0.3 is 6.18 Å². The first kappa shape index (κ1) is 21.2. The Morgan fingerprint density at radius 2 is 2.03 bits per heavy atom. The van der Waals surface area contributed by atoms with E-state index >= 15 is 0 Å². The lowest BCUT2D eigenvalue weighted by Crippen LogP contribution is -2.35. The van der Waals surface area contributed by atoms with Crippen LogP contribution in [0.2, 0.25) is 0 Å². The summed E-state index contributed by atoms with van der Waals surface area (Å²) in [5.41, 5.74) is 0.891. The van der Waals surface area contributed by atoms with Crippen molar-refractivity contribution in [1.29, 1.82) is 5.26 Å². The average molecular weight is 421 g/mol. The number of thiophene rings is 1. The summed E-state index contributed by atoms with van der Waals surface area (Å²) >= 11 is 1.23. The molecule has 154 valence electrons. The number of alkyl halides is 3. The second kappa shape index (κ2) is 7.71. The van der Waals surface area contributed by atoms with Crippen molar-refractivity contribution < 1.29 is 13.2 Å². The Morgan fingerprint density at radius 3 is 2.52 bits per heavy atom. The van der Waals surface area contributed by atoms with E-state index in [1.807, 2.05) is 6.08 Å². The Kier molecular flexibility index (Phi) is 5.63. The summed E-state index contributed by atoms with van der Waals surface area (Å²) in [6.45, 7) is 6.54. The average Bonchev–Trinajstić information content (AvgIpc) is 3.16. The highest BCUT2D eigenvalue weighted by molar-refractivity contribution is 7.13. The Bertz CT molecular complexity index is 1020. The third-order valence-electron chi connectivity index (χ3n) is 5.29. The van der Waals surface area contributed by atoms with Gasteiger partial charge in [0.15, 0.2) is 0 Å². The van der Waals surface area contributed by atoms with Crippen LogP contribution in [-0.4, -0.2) is 4.68 Å². The molecule has 1 aliphatic carbocycles. The third kappa shape index (κ3) is 4.40. The first-order valence-corrected chi connectivity index (χ1v) is 10.2. The standard InChI is InChI=1S/C21H22F3N3OS/c1-20(2,3)13-6-8-14(9-7-13)26-27-17(18-5-4-10-29-18)11-16(21(22,23)24)15(12-25)19(27)28/h4-5,8,10-11,13,26H,6-7,9H2,1-3H3. The number of allylic oxidation sites excluding steroid dienone is 2. The molecule has 2 aromatic heterocycles. The fraction of sp³-hybridized carbons (Fsp3) is 0.429. The highest BCUT2D eigenvalue weighted by Gasteiger charge is 2.37. The van der Waals surface area contributed by atoms with Crippen molar-refractivity contribution in [3.63, 3.8) is 0 Å². The molecule has 0 aromatic carbocycles. The van der Waals surface area contributed by atoms with E-state index in [4.69, 9.17) is 0 Å². The van der Waals surface area contributed by atoms with Crippen LogP contribution in [0, 0.1) is 22.7 Å². The summed E-state index contributed by atoms with van der Waals surface area (Å²) in [5.74, 6) is 0.490. The Balaban J connectivity index is 2.08. The largest absolute Gasteiger partial charge is 0.417 e. The van der Waals surface area contributed by atoms with Gasteiger partial charge in [-0.3, -0.25) is 10.2 Å². The number of hydrogen-bond donors (Lipinski definition) is 1. The normalized spacial score (nSPS) is 17.6. The van der Waals surface area contributed by atoms with E-state index < -0.39 is 22.9 Å². The molecule has 0 radical (unpaired) electrons. The zero-order valence-corrected chi connectivity index (χ0v) is 17.2. The zero-order valence-electron chi connectivity index (χ0n) is 16.4. The van der Waals surface area contributed by atoms with Crippen LogP contribution in [0.3, 0.4) is 0 Å². The Hall–Kier alpha value is -2.53. The van der Waals surface area contributed by atoms with Gasteiger partial charge in [0.25, 0.3) is 5.56 Å². The van der Waals surface area contributed by atoms with Gasteiger partial charge in [-0.2, -0.15) is 18.4 Å². The van der Waals surface area contributed by atoms with E-state index in [0.29, 0.717) is 17.2 Å². The van der Waals surface area contributed by atoms with Crippen molar-refractivity contribution in [1.82, 2.24) is 4.68 Å². The minimum absolute atomic E-state index is 0.0927. The van der Waals surface area contributed by atoms with Gasteiger partial charge in [-0.25, -0.2) is 4.68 Å². The lowest BCUT2D eigenvalue weighted by Gasteiger charge is -2.33. The predicted octanol–water partition coefficient (Wildman–Crippen LogP) is 5.74. The lowest BCUT2D eigenvalue weighted by molar-refractivity contribution is -0.137. The van der Waals surface area contributed by atoms with Gasteiger partial charge in [-0.15, -0.1) is 11.3 Å². The number of aromatic nitrogens is 1. The zero-order chi connectivity index (χ0) is 21.4. The molecule has 0 aliphatic heterocycles. The highest BCUT2D eigenvalue weighted by atomic mass is 32.1. The second-order valence-corrected chi connectivity index (χ2v) is 9.17. The molecule has 3 rings (SSSR count). The van der Waals surface area contributed by atoms with Gasteiger partial charge < -0.3 is 0 Å². The van der Waals surface area contributed by atoms with Crippen LogP contribution in [0.25, 0.3) is 10.6 Å². The number of pyridine rings is 1. The number of hydrogen-bond acceptors (Lipinski definition) is 4. The monoisotopic (exact) mass is 421 g/mol. The van der Waals surface area contributed by atoms with Gasteiger partial charge in [-0.05, 0) is 48.1 Å². The number of halogens is 3. The second-order valence-electron chi connectivity index (χ2n) is 8.22. The molecule has 0 saturated carbocycles. The first-order valence-electron chi connectivity index (χ1n) is 9.29. The van der Waals surface area contributed by atoms with Crippen LogP contribution in [0.1, 0.15) is 51.2 Å². The number of rotatable bonds is 3. The van der Waals surface area contributed by atoms with Crippen molar-refractivity contribution in [2.75, 3.05) is 5.43 Å². The fourth-order valence-corrected chi connectivity index (χ4v) is 4.26. The first-order chi connectivity index (χ1) is 13.5. The van der Waals surface area contributed by atoms with Crippen molar-refractivity contribution in [2.45, 2.75) is 46.2 Å². The molecular weight excluding hydrogens is 399 g/mol. The van der Waals surface area contributed by atoms with Crippen molar-refractivity contribution in [3.05, 3.63) is 56.8 Å². The quantitative estimate of drug-likeness (QED) is 0.687. The van der Waals surface area contributed by atoms with E-state index in [2.05, 4.69) is 26.2 Å². The van der Waals surface area contributed by atoms with Crippen LogP contribution >= 0.6 is 11.3 Å². The van der Waals surface area contributed by atoms with Crippen LogP contribution < -0.4 is 11.0 Å². The van der Waals surface area contributed by atoms with E-state index in [9.17, 15) is 23.2 Å². The van der Waals surface area contributed by atoms with Crippen molar-refractivity contribution in [3.8, 4) is 16.6 Å². The summed E-state index contributed by atoms with van der Waals surface area (Å²) in [6.07, 6.45) is -0.383. The minimum Gasteiger partial charge on any atom is -0.295 e. The molecule has 0 bridgehead atoms. The molecule has 2 heterocycles. The van der Waals surface area contributed by atoms with E-state index in [1.165, 1.54) is 17.4 Å². The molecule has 0 fully saturated rings. The minimum atomic E-state index is -4.79. The maximum atomic E-state index is 13.5. The predicted molar refractivity (Wildman–Crippen MR) is 108 cm³/mol. The van der Waals surface area contributed by atoms with E-state index in [0.717, 1.165) is 29.3 Å². The third-order valence-corrected chi connectivity index (χ3v) is 6.18. The summed E-state index contributed by atoms with van der Waals surface area (Å²) in [4.78, 5) is 13.3. The molecule has 1 N–H and O–H groups in total. The molecule has 29 heavy (non-hydrogen) atoms. The number of nitrogens with zero attached hydrogens (tertiary/aromatic N) is 2. The molecule has 0 amide bonds. The Morgan fingerprint density at radius 1 is 1.31 bits per heavy atom. The van der Waals surface area contributed by atoms with Crippen LogP contribution in [0.15, 0.2) is 40.1 Å². The fourth-order valence-electron chi connectivity index (χ4n) is 3.52. The topological polar surface area (TPSA) is 57.8 Å². The number of nitrogens with one attached hydrogen (secondary N) is 1. The molecule has 8 heteroatoms. The van der Waals surface area contributed by atoms with Crippen molar-refractivity contribution in [2.24, 2.45) is 11.3 Å². The number of nitriles is 1. The van der Waals surface area contributed by atoms with E-state index in [1.54, 1.807) is 17.5 Å². The van der Waals surface area contributed by atoms with Gasteiger partial charge in [0, 0.05) is 5.70 Å². The molecule has 0 spiro atoms. The molecular formula is C21H22F3N3OS. The van der Waals surface area contributed by atoms with Crippen molar-refractivity contribution >= 4 is 11.3 Å². The molecule has 0 saturated heterocycles. The Labute approximate surface area is 171 Å². The molecule has 1 unspecified atom stereocenters. The summed E-state index contributed by atoms with van der Waals surface area (Å²) < 4.78 is 41.4. The van der Waals surface area contributed by atoms with Crippen LogP contribution in [0.4, 0.5) is 13.2 Å². The molecule has 2 aromatic rings. The molecule has 1 atom stereocenters. The maximum absolute atomic E-state index is 13.5. The summed E-state index contributed by atoms with van der Waals surface area (Å²) in [5, 5.41) is 11.0. The molecule has 1 aliphatic rings. The van der Waals surface area contributed by atoms with Crippen LogP contribution in [0.5, 0.6) is 0 Å². The summed E-state index contributed by atoms with van der Waals surface area (Å²) in [6, 6.07) is 5.66. The van der Waals surface area contributed by atoms with Gasteiger partial charge in [0.05, 0.1) is 16.1 Å². The van der Waals surface area contributed by atoms with Gasteiger partial charge in [-0.1, -0.05) is 32.9 Å². The highest BCUT2D eigenvalue weighted by Crippen LogP contribution is 2.37. The summed E-state index contributed by atoms with van der Waals surface area (Å²) in [7, 11) is 0. The SMILES string of the molecule is CC(C)(C)C1CC=C(Nn2c(-c3cccs3)cc(C(F)(F)F)c(C#N)c2=O)CC1. The van der Waals surface area contributed by atoms with Crippen LogP contribution in [-0.2, 0) is 6.18 Å². The maximum Gasteiger partial charge on any atom is 0.417 e. The van der Waals surface area contributed by atoms with E-state index in [-0.39, 0.29) is 11.1 Å². The van der Waals surface area contributed by atoms with Gasteiger partial charge in [0.2, 0.25) is 0 Å². The molecule has 4 nitrogen and oxygen atoms in total. The lowest BCUT2D eigenvalue weighted by atomic mass is 9.74. The van der Waals surface area contributed by atoms with Gasteiger partial charge in [0.1, 0.15) is 11.6 Å².